The van der Waals surface area contributed by atoms with Gasteiger partial charge in [0, 0.05) is 37.7 Å². The van der Waals surface area contributed by atoms with Crippen LogP contribution in [-0.4, -0.2) is 58.5 Å². The summed E-state index contributed by atoms with van der Waals surface area (Å²) < 4.78 is 29.8. The van der Waals surface area contributed by atoms with Crippen LogP contribution in [0.15, 0.2) is 24.4 Å². The van der Waals surface area contributed by atoms with Gasteiger partial charge in [0.15, 0.2) is 0 Å². The maximum Gasteiger partial charge on any atom is 0.136 e. The van der Waals surface area contributed by atoms with Crippen LogP contribution in [0, 0.1) is 0 Å². The Hall–Kier alpha value is -1.91. The largest absolute Gasteiger partial charge is 0.508 e. The number of unbranched alkanes of at least 4 members (excludes halogenated alkanes) is 1. The summed E-state index contributed by atoms with van der Waals surface area (Å²) in [6, 6.07) is 5.20. The van der Waals surface area contributed by atoms with E-state index in [0.29, 0.717) is 25.5 Å². The number of hydrogen-bond donors (Lipinski definition) is 3. The van der Waals surface area contributed by atoms with Crippen LogP contribution in [-0.2, 0) is 17.9 Å². The molecular weight excluding hydrogens is 392 g/mol. The Bertz CT molecular complexity index is 1010. The Morgan fingerprint density at radius 2 is 2.00 bits per heavy atom. The predicted molar refractivity (Wildman–Crippen MR) is 115 cm³/mol. The molecule has 8 nitrogen and oxygen atoms in total. The average molecular weight is 421 g/mol. The first-order valence-electron chi connectivity index (χ1n) is 10.0. The number of fused-ring (bicyclic) bond motifs is 3. The van der Waals surface area contributed by atoms with Gasteiger partial charge in [0.1, 0.15) is 23.7 Å². The van der Waals surface area contributed by atoms with E-state index >= 15 is 0 Å². The molecule has 3 N–H and O–H groups in total. The third-order valence-electron chi connectivity index (χ3n) is 5.35. The summed E-state index contributed by atoms with van der Waals surface area (Å²) in [6.45, 7) is 5.20. The van der Waals surface area contributed by atoms with E-state index in [1.165, 1.54) is 0 Å². The number of ether oxygens (including phenoxy) is 1. The molecular formula is C20H28N4O4S. The molecule has 1 fully saturated rings. The number of aromatic hydroxyl groups is 1. The fourth-order valence-electron chi connectivity index (χ4n) is 3.92. The van der Waals surface area contributed by atoms with Gasteiger partial charge < -0.3 is 14.4 Å². The summed E-state index contributed by atoms with van der Waals surface area (Å²) >= 11 is 0. The maximum atomic E-state index is 10.1. The lowest BCUT2D eigenvalue weighted by molar-refractivity contribution is 0.126. The molecule has 29 heavy (non-hydrogen) atoms. The minimum absolute atomic E-state index is 0.189. The van der Waals surface area contributed by atoms with Crippen LogP contribution < -0.4 is 0 Å². The van der Waals surface area contributed by atoms with Crippen molar-refractivity contribution in [2.75, 3.05) is 25.4 Å². The Balaban J connectivity index is 1.58. The number of phenolic OH excluding ortho intramolecular Hbond substituents is 1. The number of hydrogen-bond acceptors (Lipinski definition) is 7. The lowest BCUT2D eigenvalue weighted by atomic mass is 10.2. The summed E-state index contributed by atoms with van der Waals surface area (Å²) in [5.41, 5.74) is 2.54. The van der Waals surface area contributed by atoms with Gasteiger partial charge in [0.2, 0.25) is 0 Å². The van der Waals surface area contributed by atoms with Crippen LogP contribution in [0.3, 0.4) is 0 Å². The van der Waals surface area contributed by atoms with Crippen molar-refractivity contribution in [2.45, 2.75) is 39.3 Å². The van der Waals surface area contributed by atoms with E-state index in [1.54, 1.807) is 18.3 Å². The highest BCUT2D eigenvalue weighted by atomic mass is 32.3. The molecule has 1 aliphatic heterocycles. The summed E-state index contributed by atoms with van der Waals surface area (Å²) in [6.07, 6.45) is 4.34. The van der Waals surface area contributed by atoms with Crippen molar-refractivity contribution in [3.05, 3.63) is 30.2 Å². The molecule has 0 aliphatic carbocycles. The van der Waals surface area contributed by atoms with Gasteiger partial charge in [-0.05, 0) is 38.3 Å². The van der Waals surface area contributed by atoms with Crippen molar-refractivity contribution in [3.63, 3.8) is 0 Å². The predicted octanol–water partition coefficient (Wildman–Crippen LogP) is 3.98. The molecule has 0 atom stereocenters. The molecule has 0 amide bonds. The number of aryl methyl sites for hydroxylation is 1. The number of pyridine rings is 1. The number of benzene rings is 1. The zero-order valence-corrected chi connectivity index (χ0v) is 17.4. The van der Waals surface area contributed by atoms with Crippen LogP contribution in [0.1, 0.15) is 32.0 Å². The van der Waals surface area contributed by atoms with E-state index in [2.05, 4.69) is 9.55 Å². The van der Waals surface area contributed by atoms with Crippen molar-refractivity contribution in [1.29, 1.82) is 0 Å². The number of rotatable bonds is 8. The first-order valence-corrected chi connectivity index (χ1v) is 11.7. The van der Waals surface area contributed by atoms with Crippen molar-refractivity contribution >= 4 is 32.7 Å². The van der Waals surface area contributed by atoms with Gasteiger partial charge in [-0.2, -0.15) is 0 Å². The second kappa shape index (κ2) is 8.45. The number of imidazole rings is 1. The Kier molecular flexibility index (Phi) is 5.93. The third kappa shape index (κ3) is 4.19. The molecule has 158 valence electrons. The normalized spacial score (nSPS) is 18.0. The highest BCUT2D eigenvalue weighted by Crippen LogP contribution is 2.48. The number of phenols is 1. The molecule has 1 saturated heterocycles. The third-order valence-corrected chi connectivity index (χ3v) is 7.38. The number of nitrogens with zero attached hydrogens (tertiary/aromatic N) is 4. The smallest absolute Gasteiger partial charge is 0.136 e. The molecule has 0 radical (unpaired) electrons. The molecule has 2 aromatic heterocycles. The zero-order chi connectivity index (χ0) is 20.4. The summed E-state index contributed by atoms with van der Waals surface area (Å²) in [5, 5.41) is 10.7. The molecule has 9 heteroatoms. The fourth-order valence-corrected chi connectivity index (χ4v) is 5.54. The Morgan fingerprint density at radius 3 is 2.76 bits per heavy atom. The van der Waals surface area contributed by atoms with Crippen molar-refractivity contribution < 1.29 is 18.9 Å². The monoisotopic (exact) mass is 420 g/mol. The topological polar surface area (TPSA) is 104 Å². The quantitative estimate of drug-likeness (QED) is 0.474. The van der Waals surface area contributed by atoms with E-state index in [1.807, 2.05) is 17.3 Å². The van der Waals surface area contributed by atoms with Crippen molar-refractivity contribution in [3.8, 4) is 5.75 Å². The molecule has 0 saturated carbocycles. The second-order valence-electron chi connectivity index (χ2n) is 7.34. The second-order valence-corrected chi connectivity index (χ2v) is 9.53. The summed E-state index contributed by atoms with van der Waals surface area (Å²) in [7, 11) is -2.55. The molecule has 3 heterocycles. The van der Waals surface area contributed by atoms with Crippen LogP contribution in [0.2, 0.25) is 0 Å². The molecule has 4 rings (SSSR count). The molecule has 0 unspecified atom stereocenters. The van der Waals surface area contributed by atoms with Crippen LogP contribution in [0.4, 0.5) is 0 Å². The van der Waals surface area contributed by atoms with Crippen LogP contribution in [0.5, 0.6) is 5.75 Å². The van der Waals surface area contributed by atoms with Crippen LogP contribution in [0.25, 0.3) is 21.9 Å². The first kappa shape index (κ1) is 20.4. The van der Waals surface area contributed by atoms with Gasteiger partial charge in [0.25, 0.3) is 0 Å². The maximum absolute atomic E-state index is 10.1. The Morgan fingerprint density at radius 1 is 1.17 bits per heavy atom. The molecule has 3 aromatic rings. The van der Waals surface area contributed by atoms with E-state index in [9.17, 15) is 14.2 Å². The molecule has 0 bridgehead atoms. The van der Waals surface area contributed by atoms with Gasteiger partial charge in [-0.3, -0.25) is 14.1 Å². The SMILES string of the molecule is CCOCc1nc2cnc3cc(O)ccc3c2n1CCCCN1CCCS1(O)O. The fraction of sp³-hybridized carbons (Fsp3) is 0.500. The standard InChI is InChI=1S/C20H28N4O4S/c1-2-28-14-19-22-18-13-21-17-12-15(25)6-7-16(17)20(18)24(19)10-4-3-8-23-9-5-11-29(23,26)27/h6-7,12-13,25-27H,2-5,8-11,14H2,1H3. The van der Waals surface area contributed by atoms with Gasteiger partial charge in [-0.25, -0.2) is 9.29 Å². The van der Waals surface area contributed by atoms with E-state index in [0.717, 1.165) is 60.1 Å². The van der Waals surface area contributed by atoms with Gasteiger partial charge >= 0.3 is 0 Å². The minimum Gasteiger partial charge on any atom is -0.508 e. The van der Waals surface area contributed by atoms with Crippen molar-refractivity contribution in [1.82, 2.24) is 18.8 Å². The van der Waals surface area contributed by atoms with E-state index in [4.69, 9.17) is 9.72 Å². The summed E-state index contributed by atoms with van der Waals surface area (Å²) in [4.78, 5) is 9.16. The first-order chi connectivity index (χ1) is 14.0. The van der Waals surface area contributed by atoms with Gasteiger partial charge in [0.05, 0.1) is 23.0 Å². The summed E-state index contributed by atoms with van der Waals surface area (Å²) in [5.74, 6) is 1.54. The average Bonchev–Trinajstić information content (AvgIpc) is 3.22. The zero-order valence-electron chi connectivity index (χ0n) is 16.6. The highest BCUT2D eigenvalue weighted by Gasteiger charge is 2.27. The van der Waals surface area contributed by atoms with Gasteiger partial charge in [-0.15, -0.1) is 10.8 Å². The van der Waals surface area contributed by atoms with Crippen molar-refractivity contribution in [2.24, 2.45) is 0 Å². The molecule has 0 spiro atoms. The van der Waals surface area contributed by atoms with Gasteiger partial charge in [-0.1, -0.05) is 0 Å². The lowest BCUT2D eigenvalue weighted by Gasteiger charge is -2.36. The minimum atomic E-state index is -2.55. The molecule has 1 aliphatic rings. The Labute approximate surface area is 171 Å². The molecule has 1 aromatic carbocycles. The van der Waals surface area contributed by atoms with E-state index < -0.39 is 10.8 Å². The van der Waals surface area contributed by atoms with Crippen LogP contribution >= 0.6 is 10.8 Å². The lowest BCUT2D eigenvalue weighted by Crippen LogP contribution is -2.24. The van der Waals surface area contributed by atoms with E-state index in [-0.39, 0.29) is 5.75 Å². The highest BCUT2D eigenvalue weighted by molar-refractivity contribution is 8.22. The number of aromatic nitrogens is 3.